The van der Waals surface area contributed by atoms with Crippen LogP contribution < -0.4 is 5.32 Å². The van der Waals surface area contributed by atoms with Crippen LogP contribution >= 0.6 is 0 Å². The Morgan fingerprint density at radius 1 is 0.951 bits per heavy atom. The van der Waals surface area contributed by atoms with E-state index < -0.39 is 121 Å². The predicted octanol–water partition coefficient (Wildman–Crippen LogP) is 2.51. The molecule has 3 heterocycles. The quantitative estimate of drug-likeness (QED) is 0.130. The molecule has 3 rings (SSSR count). The maximum atomic E-state index is 13.6. The number of rotatable bonds is 14. The van der Waals surface area contributed by atoms with Gasteiger partial charge in [-0.15, -0.1) is 0 Å². The minimum Gasteiger partial charge on any atom is -0.463 e. The zero-order valence-electron chi connectivity index (χ0n) is 38.7. The van der Waals surface area contributed by atoms with Crippen LogP contribution in [0.3, 0.4) is 0 Å². The van der Waals surface area contributed by atoms with Crippen LogP contribution in [0, 0.1) is 17.8 Å². The highest BCUT2D eigenvalue weighted by Gasteiger charge is 2.56. The number of aliphatic hydroxyl groups excluding tert-OH is 2. The van der Waals surface area contributed by atoms with E-state index in [0.717, 1.165) is 0 Å². The molecule has 3 aliphatic heterocycles. The van der Waals surface area contributed by atoms with E-state index in [1.165, 1.54) is 28.3 Å². The number of hydrogen-bond donors (Lipinski definition) is 3. The number of hydrogen-bond acceptors (Lipinski definition) is 18. The van der Waals surface area contributed by atoms with Gasteiger partial charge in [0.25, 0.3) is 0 Å². The lowest BCUT2D eigenvalue weighted by atomic mass is 9.70. The van der Waals surface area contributed by atoms with Crippen LogP contribution in [0.2, 0.25) is 0 Å². The van der Waals surface area contributed by atoms with Gasteiger partial charge >= 0.3 is 23.9 Å². The molecule has 18 heteroatoms. The van der Waals surface area contributed by atoms with Gasteiger partial charge in [0.1, 0.15) is 24.4 Å². The minimum absolute atomic E-state index is 0.00160. The van der Waals surface area contributed by atoms with Crippen LogP contribution in [0.25, 0.3) is 0 Å². The zero-order valence-corrected chi connectivity index (χ0v) is 38.7. The van der Waals surface area contributed by atoms with Gasteiger partial charge < -0.3 is 67.8 Å². The molecule has 3 N–H and O–H groups in total. The number of likely N-dealkylation sites (N-methyl/N-ethyl adjacent to an activating group) is 1. The first kappa shape index (κ1) is 52.8. The molecule has 0 aliphatic carbocycles. The van der Waals surface area contributed by atoms with E-state index in [0.29, 0.717) is 19.4 Å². The van der Waals surface area contributed by atoms with Gasteiger partial charge in [-0.05, 0) is 73.0 Å². The van der Waals surface area contributed by atoms with E-state index in [-0.39, 0.29) is 44.6 Å². The summed E-state index contributed by atoms with van der Waals surface area (Å²) in [6.07, 6.45) is -9.85. The predicted molar refractivity (Wildman–Crippen MR) is 220 cm³/mol. The molecule has 0 unspecified atom stereocenters. The lowest BCUT2D eigenvalue weighted by Gasteiger charge is -2.53. The first-order valence-corrected chi connectivity index (χ1v) is 21.8. The van der Waals surface area contributed by atoms with Crippen molar-refractivity contribution in [1.29, 1.82) is 0 Å². The highest BCUT2D eigenvalue weighted by molar-refractivity contribution is 5.72. The highest BCUT2D eigenvalue weighted by Crippen LogP contribution is 2.43. The van der Waals surface area contributed by atoms with Crippen molar-refractivity contribution in [1.82, 2.24) is 10.2 Å². The molecular formula is C43H76N2O16. The van der Waals surface area contributed by atoms with Crippen LogP contribution in [-0.2, 0) is 66.5 Å². The molecule has 3 saturated heterocycles. The Labute approximate surface area is 362 Å². The summed E-state index contributed by atoms with van der Waals surface area (Å²) in [6, 6.07) is -0.756. The molecule has 61 heavy (non-hydrogen) atoms. The lowest BCUT2D eigenvalue weighted by Crippen LogP contribution is -2.67. The average molecular weight is 877 g/mol. The Morgan fingerprint density at radius 2 is 1.59 bits per heavy atom. The fraction of sp³-hybridized carbons (Fsp3) is 0.907. The van der Waals surface area contributed by atoms with Crippen LogP contribution in [0.1, 0.15) is 100 Å². The van der Waals surface area contributed by atoms with Gasteiger partial charge in [-0.1, -0.05) is 20.8 Å². The lowest BCUT2D eigenvalue weighted by molar-refractivity contribution is -0.320. The van der Waals surface area contributed by atoms with Crippen LogP contribution in [-0.4, -0.2) is 173 Å². The molecule has 0 radical (unpaired) electrons. The van der Waals surface area contributed by atoms with Crippen molar-refractivity contribution in [3.8, 4) is 0 Å². The van der Waals surface area contributed by atoms with Crippen LogP contribution in [0.5, 0.6) is 0 Å². The van der Waals surface area contributed by atoms with Crippen molar-refractivity contribution < 1.29 is 76.8 Å². The second kappa shape index (κ2) is 24.5. The Hall–Kier alpha value is -2.52. The Balaban J connectivity index is 2.17. The third-order valence-corrected chi connectivity index (χ3v) is 12.3. The fourth-order valence-corrected chi connectivity index (χ4v) is 9.20. The van der Waals surface area contributed by atoms with Gasteiger partial charge in [-0.3, -0.25) is 19.2 Å². The van der Waals surface area contributed by atoms with Gasteiger partial charge in [0.05, 0.1) is 43.0 Å². The highest BCUT2D eigenvalue weighted by atomic mass is 16.7. The van der Waals surface area contributed by atoms with Crippen molar-refractivity contribution in [2.75, 3.05) is 48.5 Å². The van der Waals surface area contributed by atoms with E-state index in [1.807, 2.05) is 18.7 Å². The van der Waals surface area contributed by atoms with Crippen LogP contribution in [0.15, 0.2) is 0 Å². The number of carbonyl (C=O) groups excluding carboxylic acids is 4. The summed E-state index contributed by atoms with van der Waals surface area (Å²) in [6.45, 7) is 14.3. The molecule has 0 aromatic carbocycles. The summed E-state index contributed by atoms with van der Waals surface area (Å²) >= 11 is 0. The number of β-amino-alcohol motifs (C(OH)–C–C–N with tert-alkyl or cyclic N) is 1. The van der Waals surface area contributed by atoms with Crippen molar-refractivity contribution >= 4 is 23.9 Å². The first-order valence-electron chi connectivity index (χ1n) is 21.8. The molecule has 0 spiro atoms. The summed E-state index contributed by atoms with van der Waals surface area (Å²) in [7, 11) is 8.09. The first-order chi connectivity index (χ1) is 28.7. The summed E-state index contributed by atoms with van der Waals surface area (Å²) in [4.78, 5) is 53.3. The molecule has 3 aliphatic rings. The number of carbonyl (C=O) groups is 4. The number of ether oxygens (including phenoxy) is 10. The number of cyclic esters (lactones) is 1. The smallest absolute Gasteiger partial charge is 0.309 e. The number of nitrogens with zero attached hydrogens (tertiary/aromatic N) is 1. The van der Waals surface area contributed by atoms with Crippen molar-refractivity contribution in [2.24, 2.45) is 17.8 Å². The zero-order chi connectivity index (χ0) is 45.8. The third kappa shape index (κ3) is 14.5. The van der Waals surface area contributed by atoms with Crippen LogP contribution in [0.4, 0.5) is 0 Å². The molecule has 0 aromatic heterocycles. The number of methoxy groups -OCH3 is 3. The monoisotopic (exact) mass is 877 g/mol. The maximum absolute atomic E-state index is 13.6. The van der Waals surface area contributed by atoms with Crippen molar-refractivity contribution in [2.45, 2.75) is 186 Å². The largest absolute Gasteiger partial charge is 0.463 e. The molecule has 18 nitrogen and oxygen atoms in total. The van der Waals surface area contributed by atoms with Crippen molar-refractivity contribution in [3.63, 3.8) is 0 Å². The SMILES string of the molecule is CCC(=O)O[C@@H]1CC(=O)O[C@H](C)CCNC[C@H](O)[C@H](C)C[C@H](CC(OC)OC)[C@H]([C@@H]2O[C@H](C)[C@@H](O[C@@H]3C[C@@](C)(OC(C)=O)[C@@H](OC(=O)CC)[C@H](C)O3)[C@H](N(C)C)[C@H]2O)[C@@H]1OC. The number of nitrogens with one attached hydrogen (secondary N) is 1. The van der Waals surface area contributed by atoms with E-state index in [1.54, 1.807) is 48.7 Å². The van der Waals surface area contributed by atoms with E-state index in [9.17, 15) is 29.4 Å². The molecule has 16 atom stereocenters. The van der Waals surface area contributed by atoms with Gasteiger partial charge in [0, 0.05) is 66.4 Å². The standard InChI is InChI=1S/C43H76N2O16/c1-14-31(48)58-30-20-33(50)55-24(4)16-17-44-22-29(47)23(3)18-28(19-34(52-11)53-12)36(40(30)54-13)41-38(51)37(45(9)10)39(25(5)57-41)60-35-21-43(8,61-27(7)46)42(26(6)56-35)59-32(49)15-2/h23-26,28-30,34-42,44,47,51H,14-22H2,1-13H3/t23-,24-,25-,26+,28-,29+,30-,35-,36+,37-,38-,39-,40-,41+,42+,43-/m1/s1. The van der Waals surface area contributed by atoms with Crippen molar-refractivity contribution in [3.05, 3.63) is 0 Å². The minimum atomic E-state index is -1.31. The second-order valence-electron chi connectivity index (χ2n) is 17.3. The maximum Gasteiger partial charge on any atom is 0.309 e. The molecule has 0 saturated carbocycles. The number of esters is 4. The topological polar surface area (TPSA) is 216 Å². The van der Waals surface area contributed by atoms with Gasteiger partial charge in [-0.2, -0.15) is 0 Å². The Kier molecular flexibility index (Phi) is 21.2. The molecule has 0 bridgehead atoms. The summed E-state index contributed by atoms with van der Waals surface area (Å²) in [5.41, 5.74) is -1.31. The molecular weight excluding hydrogens is 800 g/mol. The Morgan fingerprint density at radius 3 is 2.16 bits per heavy atom. The van der Waals surface area contributed by atoms with Gasteiger partial charge in [0.15, 0.2) is 24.3 Å². The van der Waals surface area contributed by atoms with E-state index >= 15 is 0 Å². The van der Waals surface area contributed by atoms with E-state index in [2.05, 4.69) is 5.32 Å². The molecule has 3 fully saturated rings. The van der Waals surface area contributed by atoms with Gasteiger partial charge in [0.2, 0.25) is 0 Å². The molecule has 0 aromatic rings. The van der Waals surface area contributed by atoms with E-state index in [4.69, 9.17) is 47.4 Å². The average Bonchev–Trinajstić information content (AvgIpc) is 3.18. The second-order valence-corrected chi connectivity index (χ2v) is 17.3. The third-order valence-electron chi connectivity index (χ3n) is 12.3. The summed E-state index contributed by atoms with van der Waals surface area (Å²) < 4.78 is 60.9. The normalized spacial score (nSPS) is 38.5. The molecule has 354 valence electrons. The van der Waals surface area contributed by atoms with Gasteiger partial charge in [-0.25, -0.2) is 0 Å². The Bertz CT molecular complexity index is 1390. The number of aliphatic hydroxyl groups is 2. The molecule has 0 amide bonds. The summed E-state index contributed by atoms with van der Waals surface area (Å²) in [5.74, 6) is -3.83. The summed E-state index contributed by atoms with van der Waals surface area (Å²) in [5, 5.41) is 27.4. The fourth-order valence-electron chi connectivity index (χ4n) is 9.20.